The van der Waals surface area contributed by atoms with Crippen LogP contribution < -0.4 is 0 Å². The minimum absolute atomic E-state index is 0. The number of aliphatic carboxylic acids is 1. The summed E-state index contributed by atoms with van der Waals surface area (Å²) in [6.45, 7) is 0. The van der Waals surface area contributed by atoms with E-state index in [1.54, 1.807) is 0 Å². The van der Waals surface area contributed by atoms with Crippen LogP contribution in [0.2, 0.25) is 0 Å². The van der Waals surface area contributed by atoms with Gasteiger partial charge >= 0.3 is 5.97 Å². The summed E-state index contributed by atoms with van der Waals surface area (Å²) in [6, 6.07) is 0. The first-order chi connectivity index (χ1) is 4.18. The maximum atomic E-state index is 9.95. The molecule has 1 atom stereocenters. The third kappa shape index (κ3) is 6.41. The summed E-state index contributed by atoms with van der Waals surface area (Å²) in [5.74, 6) is -0.447. The van der Waals surface area contributed by atoms with E-state index in [9.17, 15) is 4.79 Å². The Labute approximate surface area is 74.4 Å². The van der Waals surface area contributed by atoms with Crippen molar-refractivity contribution in [2.45, 2.75) is 12.5 Å². The summed E-state index contributed by atoms with van der Waals surface area (Å²) in [5, 5.41) is 16.8. The fraction of sp³-hybridized carbons (Fsp3) is 0.800. The van der Waals surface area contributed by atoms with Crippen molar-refractivity contribution in [1.29, 1.82) is 0 Å². The Morgan fingerprint density at radius 1 is 1.70 bits per heavy atom. The molecule has 1 radical (unpaired) electrons. The molecule has 0 saturated carbocycles. The summed E-state index contributed by atoms with van der Waals surface area (Å²) >= 11 is 1.52. The van der Waals surface area contributed by atoms with Crippen molar-refractivity contribution in [2.24, 2.45) is 0 Å². The minimum atomic E-state index is -1.18. The Kier molecular flexibility index (Phi) is 9.55. The van der Waals surface area contributed by atoms with Crippen LogP contribution in [0.3, 0.4) is 0 Å². The Bertz CT molecular complexity index is 98.9. The Balaban J connectivity index is 0. The average Bonchev–Trinajstić information content (AvgIpc) is 1.82. The number of hydrogen-bond acceptors (Lipinski definition) is 3. The molecular formula is C5H10CoO3S. The molecule has 5 heteroatoms. The van der Waals surface area contributed by atoms with E-state index in [0.29, 0.717) is 12.2 Å². The van der Waals surface area contributed by atoms with Gasteiger partial charge in [-0.05, 0) is 18.4 Å². The Hall–Kier alpha value is 0.286. The van der Waals surface area contributed by atoms with Crippen LogP contribution >= 0.6 is 11.8 Å². The third-order valence-corrected chi connectivity index (χ3v) is 1.52. The van der Waals surface area contributed by atoms with Gasteiger partial charge in [0.25, 0.3) is 0 Å². The van der Waals surface area contributed by atoms with Crippen molar-refractivity contribution in [1.82, 2.24) is 0 Å². The van der Waals surface area contributed by atoms with E-state index in [4.69, 9.17) is 10.2 Å². The van der Waals surface area contributed by atoms with Gasteiger partial charge in [-0.2, -0.15) is 11.8 Å². The molecule has 0 fully saturated rings. The predicted molar refractivity (Wildman–Crippen MR) is 36.6 cm³/mol. The van der Waals surface area contributed by atoms with E-state index in [1.807, 2.05) is 6.26 Å². The summed E-state index contributed by atoms with van der Waals surface area (Å²) in [6.07, 6.45) is 1.02. The zero-order valence-electron chi connectivity index (χ0n) is 5.54. The maximum absolute atomic E-state index is 9.95. The van der Waals surface area contributed by atoms with Gasteiger partial charge in [0.15, 0.2) is 6.10 Å². The normalized spacial score (nSPS) is 11.8. The van der Waals surface area contributed by atoms with E-state index in [-0.39, 0.29) is 16.8 Å². The number of carbonyl (C=O) groups is 1. The fourth-order valence-electron chi connectivity index (χ4n) is 0.353. The van der Waals surface area contributed by atoms with Gasteiger partial charge in [0.2, 0.25) is 0 Å². The van der Waals surface area contributed by atoms with Gasteiger partial charge < -0.3 is 10.2 Å². The van der Waals surface area contributed by atoms with E-state index in [0.717, 1.165) is 0 Å². The second-order valence-electron chi connectivity index (χ2n) is 1.64. The molecule has 0 aliphatic heterocycles. The first kappa shape index (κ1) is 12.9. The standard InChI is InChI=1S/C5H10O3S.Co/c1-9-3-2-4(6)5(7)8;/h4,6H,2-3H2,1H3,(H,7,8);/t4-;/m0./s1. The van der Waals surface area contributed by atoms with Crippen LogP contribution in [0.25, 0.3) is 0 Å². The van der Waals surface area contributed by atoms with Crippen molar-refractivity contribution in [3.05, 3.63) is 0 Å². The number of aliphatic hydroxyl groups excluding tert-OH is 1. The maximum Gasteiger partial charge on any atom is 0.332 e. The van der Waals surface area contributed by atoms with Crippen molar-refractivity contribution in [3.63, 3.8) is 0 Å². The van der Waals surface area contributed by atoms with E-state index in [1.165, 1.54) is 11.8 Å². The molecule has 3 nitrogen and oxygen atoms in total. The number of thioether (sulfide) groups is 1. The molecule has 0 amide bonds. The fourth-order valence-corrected chi connectivity index (χ4v) is 0.812. The molecule has 0 aromatic rings. The summed E-state index contributed by atoms with van der Waals surface area (Å²) < 4.78 is 0. The van der Waals surface area contributed by atoms with Crippen molar-refractivity contribution in [3.8, 4) is 0 Å². The molecule has 0 heterocycles. The molecule has 0 aromatic heterocycles. The second-order valence-corrected chi connectivity index (χ2v) is 2.62. The Morgan fingerprint density at radius 3 is 2.50 bits per heavy atom. The topological polar surface area (TPSA) is 57.5 Å². The van der Waals surface area contributed by atoms with Crippen LogP contribution in [0.1, 0.15) is 6.42 Å². The molecule has 2 N–H and O–H groups in total. The van der Waals surface area contributed by atoms with Crippen molar-refractivity contribution in [2.75, 3.05) is 12.0 Å². The first-order valence-corrected chi connectivity index (χ1v) is 3.97. The third-order valence-electron chi connectivity index (χ3n) is 0.880. The Morgan fingerprint density at radius 2 is 2.20 bits per heavy atom. The van der Waals surface area contributed by atoms with Crippen LogP contribution in [0, 0.1) is 0 Å². The quantitative estimate of drug-likeness (QED) is 0.693. The van der Waals surface area contributed by atoms with Gasteiger partial charge in [-0.1, -0.05) is 0 Å². The van der Waals surface area contributed by atoms with Gasteiger partial charge in [0.05, 0.1) is 0 Å². The second kappa shape index (κ2) is 7.39. The number of aliphatic hydroxyl groups is 1. The number of carboxylic acids is 1. The molecule has 0 saturated heterocycles. The molecule has 0 unspecified atom stereocenters. The zero-order valence-corrected chi connectivity index (χ0v) is 7.39. The molecule has 0 aliphatic rings. The van der Waals surface area contributed by atoms with Gasteiger partial charge in [-0.3, -0.25) is 0 Å². The van der Waals surface area contributed by atoms with Crippen LogP contribution in [0.4, 0.5) is 0 Å². The van der Waals surface area contributed by atoms with Crippen LogP contribution in [-0.2, 0) is 21.6 Å². The smallest absolute Gasteiger partial charge is 0.332 e. The van der Waals surface area contributed by atoms with Gasteiger partial charge in [-0.25, -0.2) is 4.79 Å². The van der Waals surface area contributed by atoms with Gasteiger partial charge in [0.1, 0.15) is 0 Å². The average molecular weight is 209 g/mol. The predicted octanol–water partition coefficient (Wildman–Crippen LogP) is 0.182. The molecular weight excluding hydrogens is 199 g/mol. The summed E-state index contributed by atoms with van der Waals surface area (Å²) in [5.41, 5.74) is 0. The summed E-state index contributed by atoms with van der Waals surface area (Å²) in [4.78, 5) is 9.95. The monoisotopic (exact) mass is 209 g/mol. The molecule has 0 rings (SSSR count). The number of rotatable bonds is 4. The minimum Gasteiger partial charge on any atom is -0.479 e. The molecule has 0 aromatic carbocycles. The van der Waals surface area contributed by atoms with Crippen LogP contribution in [0.15, 0.2) is 0 Å². The largest absolute Gasteiger partial charge is 0.479 e. The molecule has 63 valence electrons. The van der Waals surface area contributed by atoms with Crippen molar-refractivity contribution >= 4 is 17.7 Å². The molecule has 0 spiro atoms. The van der Waals surface area contributed by atoms with Crippen molar-refractivity contribution < 1.29 is 31.8 Å². The van der Waals surface area contributed by atoms with Crippen LogP contribution in [0.5, 0.6) is 0 Å². The molecule has 10 heavy (non-hydrogen) atoms. The van der Waals surface area contributed by atoms with E-state index < -0.39 is 12.1 Å². The van der Waals surface area contributed by atoms with E-state index in [2.05, 4.69) is 0 Å². The first-order valence-electron chi connectivity index (χ1n) is 2.58. The molecule has 0 aliphatic carbocycles. The van der Waals surface area contributed by atoms with Gasteiger partial charge in [0, 0.05) is 16.8 Å². The molecule has 0 bridgehead atoms. The zero-order chi connectivity index (χ0) is 7.28. The SMILES string of the molecule is CSCC[C@H](O)C(=O)O.[Co]. The van der Waals surface area contributed by atoms with Gasteiger partial charge in [-0.15, -0.1) is 0 Å². The number of carboxylic acid groups (broad SMARTS) is 1. The van der Waals surface area contributed by atoms with Crippen LogP contribution in [-0.4, -0.2) is 34.3 Å². The van der Waals surface area contributed by atoms with E-state index >= 15 is 0 Å². The number of hydrogen-bond donors (Lipinski definition) is 2. The summed E-state index contributed by atoms with van der Waals surface area (Å²) in [7, 11) is 0.